The van der Waals surface area contributed by atoms with E-state index in [1.165, 1.54) is 24.8 Å². The summed E-state index contributed by atoms with van der Waals surface area (Å²) in [5.74, 6) is 1.51. The Morgan fingerprint density at radius 3 is 3.05 bits per heavy atom. The fraction of sp³-hybridized carbons (Fsp3) is 0.412. The lowest BCUT2D eigenvalue weighted by molar-refractivity contribution is 0.406. The molecular weight excluding hydrogens is 266 g/mol. The third-order valence-corrected chi connectivity index (χ3v) is 5.26. The molecule has 2 aromatic rings. The third kappa shape index (κ3) is 2.48. The highest BCUT2D eigenvalue weighted by Gasteiger charge is 2.28. The minimum atomic E-state index is 0.360. The molecule has 0 amide bonds. The van der Waals surface area contributed by atoms with Gasteiger partial charge in [-0.25, -0.2) is 0 Å². The topological polar surface area (TPSA) is 21.3 Å². The molecule has 2 unspecified atom stereocenters. The zero-order chi connectivity index (χ0) is 13.9. The Morgan fingerprint density at radius 2 is 2.25 bits per heavy atom. The molecule has 1 heterocycles. The second-order valence-electron chi connectivity index (χ2n) is 5.34. The average Bonchev–Trinajstić information content (AvgIpc) is 2.97. The van der Waals surface area contributed by atoms with Crippen molar-refractivity contribution < 1.29 is 4.74 Å². The Kier molecular flexibility index (Phi) is 4.08. The Hall–Kier alpha value is -1.32. The molecule has 1 aromatic carbocycles. The second kappa shape index (κ2) is 5.98. The zero-order valence-electron chi connectivity index (χ0n) is 12.1. The van der Waals surface area contributed by atoms with Gasteiger partial charge in [0.1, 0.15) is 5.75 Å². The lowest BCUT2D eigenvalue weighted by Gasteiger charge is -2.31. The molecule has 0 aliphatic heterocycles. The van der Waals surface area contributed by atoms with Crippen molar-refractivity contribution in [3.05, 3.63) is 51.7 Å². The van der Waals surface area contributed by atoms with Crippen molar-refractivity contribution in [2.24, 2.45) is 0 Å². The van der Waals surface area contributed by atoms with E-state index >= 15 is 0 Å². The van der Waals surface area contributed by atoms with Crippen LogP contribution in [0, 0.1) is 0 Å². The number of likely N-dealkylation sites (N-methyl/N-ethyl adjacent to an activating group) is 1. The Balaban J connectivity index is 1.95. The van der Waals surface area contributed by atoms with E-state index in [4.69, 9.17) is 4.74 Å². The van der Waals surface area contributed by atoms with Gasteiger partial charge in [-0.3, -0.25) is 0 Å². The van der Waals surface area contributed by atoms with Gasteiger partial charge >= 0.3 is 0 Å². The van der Waals surface area contributed by atoms with Crippen LogP contribution in [0.4, 0.5) is 0 Å². The van der Waals surface area contributed by atoms with E-state index < -0.39 is 0 Å². The molecule has 0 radical (unpaired) electrons. The smallest absolute Gasteiger partial charge is 0.119 e. The SMILES string of the molecule is CNC(c1cccc(OC)c1)C1CCCc2sccc21. The van der Waals surface area contributed by atoms with E-state index in [1.807, 2.05) is 17.4 Å². The predicted molar refractivity (Wildman–Crippen MR) is 84.8 cm³/mol. The minimum absolute atomic E-state index is 0.360. The first-order chi connectivity index (χ1) is 9.83. The van der Waals surface area contributed by atoms with Crippen molar-refractivity contribution in [2.75, 3.05) is 14.2 Å². The molecule has 106 valence electrons. The molecule has 1 aromatic heterocycles. The predicted octanol–water partition coefficient (Wildman–Crippen LogP) is 4.14. The van der Waals surface area contributed by atoms with Gasteiger partial charge < -0.3 is 10.1 Å². The fourth-order valence-electron chi connectivity index (χ4n) is 3.30. The lowest BCUT2D eigenvalue weighted by atomic mass is 9.80. The Bertz CT molecular complexity index is 578. The number of benzene rings is 1. The summed E-state index contributed by atoms with van der Waals surface area (Å²) < 4.78 is 5.37. The Morgan fingerprint density at radius 1 is 1.35 bits per heavy atom. The summed E-state index contributed by atoms with van der Waals surface area (Å²) in [5.41, 5.74) is 2.86. The molecule has 2 atom stereocenters. The first kappa shape index (κ1) is 13.7. The fourth-order valence-corrected chi connectivity index (χ4v) is 4.30. The number of fused-ring (bicyclic) bond motifs is 1. The highest BCUT2D eigenvalue weighted by atomic mass is 32.1. The lowest BCUT2D eigenvalue weighted by Crippen LogP contribution is -2.26. The van der Waals surface area contributed by atoms with Crippen LogP contribution in [0.25, 0.3) is 0 Å². The van der Waals surface area contributed by atoms with Gasteiger partial charge in [0.2, 0.25) is 0 Å². The number of aryl methyl sites for hydroxylation is 1. The molecule has 1 aliphatic rings. The molecule has 0 saturated carbocycles. The molecule has 3 heteroatoms. The van der Waals surface area contributed by atoms with Crippen LogP contribution in [0.3, 0.4) is 0 Å². The first-order valence-corrected chi connectivity index (χ1v) is 8.09. The van der Waals surface area contributed by atoms with Crippen molar-refractivity contribution in [2.45, 2.75) is 31.2 Å². The third-order valence-electron chi connectivity index (χ3n) is 4.26. The summed E-state index contributed by atoms with van der Waals surface area (Å²) in [6, 6.07) is 11.1. The van der Waals surface area contributed by atoms with E-state index in [0.29, 0.717) is 12.0 Å². The van der Waals surface area contributed by atoms with Crippen LogP contribution in [0.15, 0.2) is 35.7 Å². The number of hydrogen-bond acceptors (Lipinski definition) is 3. The second-order valence-corrected chi connectivity index (χ2v) is 6.34. The van der Waals surface area contributed by atoms with Crippen molar-refractivity contribution in [1.29, 1.82) is 0 Å². The van der Waals surface area contributed by atoms with Crippen LogP contribution < -0.4 is 10.1 Å². The van der Waals surface area contributed by atoms with Crippen molar-refractivity contribution in [3.8, 4) is 5.75 Å². The van der Waals surface area contributed by atoms with Gasteiger partial charge in [-0.1, -0.05) is 12.1 Å². The maximum atomic E-state index is 5.37. The first-order valence-electron chi connectivity index (χ1n) is 7.21. The summed E-state index contributed by atoms with van der Waals surface area (Å²) >= 11 is 1.91. The number of nitrogens with one attached hydrogen (secondary N) is 1. The van der Waals surface area contributed by atoms with Crippen molar-refractivity contribution in [3.63, 3.8) is 0 Å². The maximum Gasteiger partial charge on any atom is 0.119 e. The molecule has 20 heavy (non-hydrogen) atoms. The number of thiophene rings is 1. The highest BCUT2D eigenvalue weighted by Crippen LogP contribution is 2.42. The van der Waals surface area contributed by atoms with Crippen LogP contribution in [0.1, 0.15) is 40.8 Å². The van der Waals surface area contributed by atoms with Gasteiger partial charge in [-0.2, -0.15) is 0 Å². The van der Waals surface area contributed by atoms with Gasteiger partial charge in [0, 0.05) is 16.8 Å². The standard InChI is InChI=1S/C17H21NOS/c1-18-17(12-5-3-6-13(11-12)19-2)15-7-4-8-16-14(15)9-10-20-16/h3,5-6,9-11,15,17-18H,4,7-8H2,1-2H3. The molecule has 2 nitrogen and oxygen atoms in total. The van der Waals surface area contributed by atoms with Crippen molar-refractivity contribution >= 4 is 11.3 Å². The van der Waals surface area contributed by atoms with Gasteiger partial charge in [0.05, 0.1) is 7.11 Å². The summed E-state index contributed by atoms with van der Waals surface area (Å²) in [4.78, 5) is 1.57. The molecule has 0 fully saturated rings. The summed E-state index contributed by atoms with van der Waals surface area (Å²) in [6.45, 7) is 0. The summed E-state index contributed by atoms with van der Waals surface area (Å²) in [7, 11) is 3.79. The van der Waals surface area contributed by atoms with Crippen LogP contribution in [-0.4, -0.2) is 14.2 Å². The minimum Gasteiger partial charge on any atom is -0.497 e. The molecule has 0 saturated heterocycles. The monoisotopic (exact) mass is 287 g/mol. The molecule has 1 aliphatic carbocycles. The van der Waals surface area contributed by atoms with Gasteiger partial charge in [0.15, 0.2) is 0 Å². The molecule has 0 spiro atoms. The molecule has 0 bridgehead atoms. The molecule has 1 N–H and O–H groups in total. The number of rotatable bonds is 4. The van der Waals surface area contributed by atoms with E-state index in [1.54, 1.807) is 17.6 Å². The molecule has 3 rings (SSSR count). The van der Waals surface area contributed by atoms with Crippen LogP contribution in [-0.2, 0) is 6.42 Å². The number of methoxy groups -OCH3 is 1. The van der Waals surface area contributed by atoms with Crippen LogP contribution in [0.5, 0.6) is 5.75 Å². The maximum absolute atomic E-state index is 5.37. The quantitative estimate of drug-likeness (QED) is 0.912. The number of hydrogen-bond donors (Lipinski definition) is 1. The van der Waals surface area contributed by atoms with Crippen LogP contribution >= 0.6 is 11.3 Å². The molecular formula is C17H21NOS. The van der Waals surface area contributed by atoms with E-state index in [9.17, 15) is 0 Å². The van der Waals surface area contributed by atoms with E-state index in [-0.39, 0.29) is 0 Å². The van der Waals surface area contributed by atoms with Gasteiger partial charge in [-0.05, 0) is 61.0 Å². The summed E-state index contributed by atoms with van der Waals surface area (Å²) in [6.07, 6.45) is 3.80. The largest absolute Gasteiger partial charge is 0.497 e. The van der Waals surface area contributed by atoms with E-state index in [2.05, 4.69) is 42.0 Å². The Labute approximate surface area is 124 Å². The van der Waals surface area contributed by atoms with E-state index in [0.717, 1.165) is 5.75 Å². The normalized spacial score (nSPS) is 19.4. The van der Waals surface area contributed by atoms with Crippen molar-refractivity contribution in [1.82, 2.24) is 5.32 Å². The van der Waals surface area contributed by atoms with Gasteiger partial charge in [0.25, 0.3) is 0 Å². The number of ether oxygens (including phenoxy) is 1. The highest BCUT2D eigenvalue weighted by molar-refractivity contribution is 7.10. The van der Waals surface area contributed by atoms with Crippen LogP contribution in [0.2, 0.25) is 0 Å². The van der Waals surface area contributed by atoms with Gasteiger partial charge in [-0.15, -0.1) is 11.3 Å². The average molecular weight is 287 g/mol. The summed E-state index contributed by atoms with van der Waals surface area (Å²) in [5, 5.41) is 5.76. The zero-order valence-corrected chi connectivity index (χ0v) is 12.9.